The largest absolute Gasteiger partial charge is 0.432 e. The Kier molecular flexibility index (Phi) is 13.3. The van der Waals surface area contributed by atoms with Crippen LogP contribution in [0, 0.1) is 40.9 Å². The van der Waals surface area contributed by atoms with Crippen LogP contribution in [-0.2, 0) is 9.39 Å². The summed E-state index contributed by atoms with van der Waals surface area (Å²) in [5.41, 5.74) is 5.18. The van der Waals surface area contributed by atoms with Crippen molar-refractivity contribution in [2.75, 3.05) is 39.9 Å². The first-order valence-corrected chi connectivity index (χ1v) is 23.0. The van der Waals surface area contributed by atoms with E-state index < -0.39 is 0 Å². The number of ether oxygens (including phenoxy) is 1. The molecule has 4 nitrogen and oxygen atoms in total. The SMILES string of the molecule is C/C=C(/CC(CC(C(C)C(C)C)N(C)CC1CCCN(C2CCOCC2)C1)B(OC1C(C)CC2CC1C2(C)C)C1CCC1)c1ccccc1C1CCC1. The summed E-state index contributed by atoms with van der Waals surface area (Å²) < 4.78 is 13.6. The maximum Gasteiger partial charge on any atom is 0.300 e. The molecule has 0 amide bonds. The molecular weight excluding hydrogens is 647 g/mol. The number of fused-ring (bicyclic) bond motifs is 2. The number of rotatable bonds is 16. The lowest BCUT2D eigenvalue weighted by Crippen LogP contribution is -2.60. The van der Waals surface area contributed by atoms with Crippen LogP contribution in [0.3, 0.4) is 0 Å². The average molecular weight is 727 g/mol. The van der Waals surface area contributed by atoms with Crippen molar-refractivity contribution in [3.63, 3.8) is 0 Å². The third-order valence-electron chi connectivity index (χ3n) is 16.8. The summed E-state index contributed by atoms with van der Waals surface area (Å²) in [6, 6.07) is 10.8. The van der Waals surface area contributed by atoms with Crippen molar-refractivity contribution in [2.24, 2.45) is 40.9 Å². The van der Waals surface area contributed by atoms with Gasteiger partial charge in [0.2, 0.25) is 0 Å². The fourth-order valence-corrected chi connectivity index (χ4v) is 12.4. The van der Waals surface area contributed by atoms with Crippen LogP contribution in [0.2, 0.25) is 11.6 Å². The summed E-state index contributed by atoms with van der Waals surface area (Å²) in [5.74, 6) is 6.31. The molecule has 0 spiro atoms. The van der Waals surface area contributed by atoms with Crippen LogP contribution >= 0.6 is 0 Å². The van der Waals surface area contributed by atoms with Crippen molar-refractivity contribution in [3.8, 4) is 0 Å². The molecule has 7 fully saturated rings. The van der Waals surface area contributed by atoms with Crippen molar-refractivity contribution in [1.82, 2.24) is 9.80 Å². The molecule has 0 radical (unpaired) electrons. The predicted octanol–water partition coefficient (Wildman–Crippen LogP) is 11.6. The van der Waals surface area contributed by atoms with Crippen LogP contribution < -0.4 is 0 Å². The summed E-state index contributed by atoms with van der Waals surface area (Å²) in [7, 11) is 2.51. The highest BCUT2D eigenvalue weighted by Gasteiger charge is 2.58. The minimum Gasteiger partial charge on any atom is -0.432 e. The monoisotopic (exact) mass is 727 g/mol. The lowest BCUT2D eigenvalue weighted by Gasteiger charge is -2.62. The van der Waals surface area contributed by atoms with Gasteiger partial charge in [-0.15, -0.1) is 0 Å². The lowest BCUT2D eigenvalue weighted by atomic mass is 9.38. The van der Waals surface area contributed by atoms with Crippen molar-refractivity contribution in [3.05, 3.63) is 41.5 Å². The molecule has 2 heterocycles. The van der Waals surface area contributed by atoms with Gasteiger partial charge in [-0.2, -0.15) is 0 Å². The Morgan fingerprint density at radius 2 is 1.74 bits per heavy atom. The van der Waals surface area contributed by atoms with Gasteiger partial charge < -0.3 is 14.3 Å². The molecule has 8 rings (SSSR count). The van der Waals surface area contributed by atoms with E-state index in [9.17, 15) is 0 Å². The van der Waals surface area contributed by atoms with E-state index in [1.54, 1.807) is 16.7 Å². The quantitative estimate of drug-likeness (QED) is 0.158. The Bertz CT molecular complexity index is 1350. The van der Waals surface area contributed by atoms with Gasteiger partial charge in [0.25, 0.3) is 6.92 Å². The van der Waals surface area contributed by atoms with Crippen LogP contribution in [0.4, 0.5) is 0 Å². The van der Waals surface area contributed by atoms with Gasteiger partial charge in [0.05, 0.1) is 0 Å². The molecule has 53 heavy (non-hydrogen) atoms. The molecule has 5 aliphatic carbocycles. The van der Waals surface area contributed by atoms with Crippen molar-refractivity contribution in [1.29, 1.82) is 0 Å². The maximum absolute atomic E-state index is 7.84. The highest BCUT2D eigenvalue weighted by atomic mass is 16.5. The number of nitrogens with zero attached hydrogens (tertiary/aromatic N) is 2. The van der Waals surface area contributed by atoms with Crippen LogP contribution in [0.25, 0.3) is 5.57 Å². The van der Waals surface area contributed by atoms with Crippen LogP contribution in [-0.4, -0.2) is 74.8 Å². The number of allylic oxidation sites excluding steroid dienone is 2. The number of likely N-dealkylation sites (tertiary alicyclic amines) is 1. The second-order valence-electron chi connectivity index (χ2n) is 20.5. The fraction of sp³-hybridized carbons (Fsp3) is 0.833. The maximum atomic E-state index is 7.84. The highest BCUT2D eigenvalue weighted by Crippen LogP contribution is 2.62. The van der Waals surface area contributed by atoms with Gasteiger partial charge in [0.1, 0.15) is 0 Å². The van der Waals surface area contributed by atoms with Gasteiger partial charge >= 0.3 is 0 Å². The van der Waals surface area contributed by atoms with E-state index in [0.717, 1.165) is 49.3 Å². The molecule has 0 N–H and O–H groups in total. The molecule has 8 atom stereocenters. The highest BCUT2D eigenvalue weighted by molar-refractivity contribution is 6.56. The second kappa shape index (κ2) is 17.6. The number of hydrogen-bond donors (Lipinski definition) is 0. The van der Waals surface area contributed by atoms with E-state index in [4.69, 9.17) is 9.39 Å². The van der Waals surface area contributed by atoms with E-state index >= 15 is 0 Å². The molecule has 1 aromatic carbocycles. The third kappa shape index (κ3) is 8.74. The molecular formula is C48H79BN2O2. The molecule has 2 saturated heterocycles. The van der Waals surface area contributed by atoms with Gasteiger partial charge in [-0.05, 0) is 160 Å². The van der Waals surface area contributed by atoms with Crippen molar-refractivity contribution in [2.45, 2.75) is 174 Å². The molecule has 2 bridgehead atoms. The number of piperidine rings is 1. The van der Waals surface area contributed by atoms with Crippen molar-refractivity contribution >= 4 is 12.5 Å². The minimum atomic E-state index is 0.351. The third-order valence-corrected chi connectivity index (χ3v) is 16.8. The molecule has 296 valence electrons. The topological polar surface area (TPSA) is 24.9 Å². The summed E-state index contributed by atoms with van der Waals surface area (Å²) in [6.07, 6.45) is 21.4. The Morgan fingerprint density at radius 1 is 1.00 bits per heavy atom. The number of hydrogen-bond acceptors (Lipinski definition) is 4. The first kappa shape index (κ1) is 40.1. The molecule has 1 aromatic rings. The van der Waals surface area contributed by atoms with Gasteiger partial charge in [-0.3, -0.25) is 4.90 Å². The molecule has 2 aliphatic heterocycles. The molecule has 5 saturated carbocycles. The van der Waals surface area contributed by atoms with Gasteiger partial charge in [-0.25, -0.2) is 0 Å². The predicted molar refractivity (Wildman–Crippen MR) is 226 cm³/mol. The van der Waals surface area contributed by atoms with E-state index in [1.807, 2.05) is 0 Å². The average Bonchev–Trinajstić information content (AvgIpc) is 3.11. The Labute approximate surface area is 327 Å². The lowest BCUT2D eigenvalue weighted by molar-refractivity contribution is -0.158. The minimum absolute atomic E-state index is 0.351. The Balaban J connectivity index is 1.17. The summed E-state index contributed by atoms with van der Waals surface area (Å²) in [4.78, 5) is 5.72. The zero-order chi connectivity index (χ0) is 37.3. The molecule has 0 aromatic heterocycles. The van der Waals surface area contributed by atoms with Crippen LogP contribution in [0.1, 0.15) is 155 Å². The summed E-state index contributed by atoms with van der Waals surface area (Å²) in [6.45, 7) is 23.6. The van der Waals surface area contributed by atoms with E-state index in [-0.39, 0.29) is 0 Å². The van der Waals surface area contributed by atoms with E-state index in [1.165, 1.54) is 103 Å². The van der Waals surface area contributed by atoms with E-state index in [0.29, 0.717) is 53.9 Å². The van der Waals surface area contributed by atoms with Crippen LogP contribution in [0.15, 0.2) is 30.3 Å². The summed E-state index contributed by atoms with van der Waals surface area (Å²) >= 11 is 0. The van der Waals surface area contributed by atoms with Gasteiger partial charge in [0.15, 0.2) is 0 Å². The molecule has 7 aliphatic rings. The standard InChI is InChI=1S/C48H79BN2O2/c1-9-37(43-20-10-11-21-44(43)38-16-12-17-38)28-41(49(40-18-13-19-40)53-47-34(4)27-39-29-45(47)48(39,6)7)30-46(35(5)33(2)3)50(8)31-36-15-14-24-51(32-36)42-22-25-52-26-23-42/h9-11,20-21,33-36,38-42,45-47H,12-19,22-32H2,1-8H3/b37-9-. The van der Waals surface area contributed by atoms with Crippen LogP contribution in [0.5, 0.6) is 0 Å². The molecule has 8 unspecified atom stereocenters. The van der Waals surface area contributed by atoms with Gasteiger partial charge in [0, 0.05) is 44.5 Å². The fourth-order valence-electron chi connectivity index (χ4n) is 12.4. The second-order valence-corrected chi connectivity index (χ2v) is 20.5. The zero-order valence-electron chi connectivity index (χ0n) is 35.5. The zero-order valence-corrected chi connectivity index (χ0v) is 35.5. The number of benzene rings is 1. The van der Waals surface area contributed by atoms with Gasteiger partial charge in [-0.1, -0.05) is 97.6 Å². The van der Waals surface area contributed by atoms with Crippen molar-refractivity contribution < 1.29 is 9.39 Å². The smallest absolute Gasteiger partial charge is 0.300 e. The first-order valence-electron chi connectivity index (χ1n) is 23.0. The van der Waals surface area contributed by atoms with E-state index in [2.05, 4.69) is 95.7 Å². The first-order chi connectivity index (χ1) is 25.5. The Hall–Kier alpha value is -1.14. The normalized spacial score (nSPS) is 31.8. The Morgan fingerprint density at radius 3 is 2.38 bits per heavy atom. The molecule has 5 heteroatoms. The summed E-state index contributed by atoms with van der Waals surface area (Å²) in [5, 5.41) is 0.